The van der Waals surface area contributed by atoms with E-state index in [0.717, 1.165) is 17.6 Å². The van der Waals surface area contributed by atoms with Crippen molar-refractivity contribution in [2.24, 2.45) is 0 Å². The number of pyridine rings is 1. The zero-order chi connectivity index (χ0) is 12.4. The maximum atomic E-state index is 12.2. The molecular formula is C12H16BrN3O. The third kappa shape index (κ3) is 3.04. The molecular weight excluding hydrogens is 282 g/mol. The molecule has 17 heavy (non-hydrogen) atoms. The molecule has 0 unspecified atom stereocenters. The van der Waals surface area contributed by atoms with E-state index in [0.29, 0.717) is 17.8 Å². The molecule has 0 saturated carbocycles. The van der Waals surface area contributed by atoms with Crippen LogP contribution >= 0.6 is 15.9 Å². The number of hydrogen-bond acceptors (Lipinski definition) is 3. The van der Waals surface area contributed by atoms with Gasteiger partial charge in [0.05, 0.1) is 0 Å². The number of hydrogen-bond donors (Lipinski definition) is 1. The maximum absolute atomic E-state index is 12.2. The fraction of sp³-hybridized carbons (Fsp3) is 0.500. The molecule has 1 aliphatic heterocycles. The summed E-state index contributed by atoms with van der Waals surface area (Å²) in [5.74, 6) is 0.0118. The summed E-state index contributed by atoms with van der Waals surface area (Å²) in [6, 6.07) is 4.26. The highest BCUT2D eigenvalue weighted by atomic mass is 79.9. The van der Waals surface area contributed by atoms with Gasteiger partial charge in [0, 0.05) is 35.8 Å². The van der Waals surface area contributed by atoms with Gasteiger partial charge in [-0.15, -0.1) is 0 Å². The summed E-state index contributed by atoms with van der Waals surface area (Å²) < 4.78 is 0.885. The number of carbonyl (C=O) groups excluding carboxylic acids is 1. The normalized spacial score (nSPS) is 24.8. The Balaban J connectivity index is 2.11. The Labute approximate surface area is 110 Å². The topological polar surface area (TPSA) is 45.2 Å². The fourth-order valence-electron chi connectivity index (χ4n) is 2.16. The van der Waals surface area contributed by atoms with E-state index in [-0.39, 0.29) is 5.91 Å². The highest BCUT2D eigenvalue weighted by molar-refractivity contribution is 9.10. The second-order valence-electron chi connectivity index (χ2n) is 4.54. The van der Waals surface area contributed by atoms with Crippen LogP contribution < -0.4 is 5.32 Å². The summed E-state index contributed by atoms with van der Waals surface area (Å²) >= 11 is 3.31. The molecule has 5 heteroatoms. The van der Waals surface area contributed by atoms with Gasteiger partial charge in [0.15, 0.2) is 0 Å². The SMILES string of the molecule is C[C@H]1CN(C(=O)c2ccc(Br)cn2)C[C@H](C)N1. The minimum Gasteiger partial charge on any atom is -0.334 e. The molecule has 2 rings (SSSR count). The predicted octanol–water partition coefficient (Wildman–Crippen LogP) is 1.67. The molecule has 2 atom stereocenters. The van der Waals surface area contributed by atoms with Crippen molar-refractivity contribution in [1.29, 1.82) is 0 Å². The molecule has 1 amide bonds. The largest absolute Gasteiger partial charge is 0.334 e. The second-order valence-corrected chi connectivity index (χ2v) is 5.46. The highest BCUT2D eigenvalue weighted by Gasteiger charge is 2.25. The van der Waals surface area contributed by atoms with Crippen molar-refractivity contribution in [3.63, 3.8) is 0 Å². The molecule has 1 N–H and O–H groups in total. The number of halogens is 1. The van der Waals surface area contributed by atoms with Crippen molar-refractivity contribution in [2.45, 2.75) is 25.9 Å². The number of rotatable bonds is 1. The van der Waals surface area contributed by atoms with Gasteiger partial charge in [-0.05, 0) is 41.9 Å². The van der Waals surface area contributed by atoms with Crippen LogP contribution in [0.4, 0.5) is 0 Å². The van der Waals surface area contributed by atoms with E-state index in [1.165, 1.54) is 0 Å². The van der Waals surface area contributed by atoms with E-state index in [1.54, 1.807) is 12.3 Å². The van der Waals surface area contributed by atoms with E-state index >= 15 is 0 Å². The van der Waals surface area contributed by atoms with Gasteiger partial charge < -0.3 is 10.2 Å². The molecule has 0 aliphatic carbocycles. The first-order valence-electron chi connectivity index (χ1n) is 5.73. The van der Waals surface area contributed by atoms with Crippen LogP contribution in [0.3, 0.4) is 0 Å². The van der Waals surface area contributed by atoms with Crippen LogP contribution in [-0.4, -0.2) is 41.0 Å². The Morgan fingerprint density at radius 3 is 2.59 bits per heavy atom. The third-order valence-corrected chi connectivity index (χ3v) is 3.26. The summed E-state index contributed by atoms with van der Waals surface area (Å²) in [7, 11) is 0. The molecule has 1 aromatic heterocycles. The van der Waals surface area contributed by atoms with Crippen molar-refractivity contribution in [2.75, 3.05) is 13.1 Å². The Hall–Kier alpha value is -0.940. The lowest BCUT2D eigenvalue weighted by molar-refractivity contribution is 0.0668. The molecule has 1 saturated heterocycles. The number of nitrogens with zero attached hydrogens (tertiary/aromatic N) is 2. The van der Waals surface area contributed by atoms with Crippen LogP contribution in [0.25, 0.3) is 0 Å². The second kappa shape index (κ2) is 5.14. The Bertz CT molecular complexity index is 397. The van der Waals surface area contributed by atoms with Crippen molar-refractivity contribution in [1.82, 2.24) is 15.2 Å². The van der Waals surface area contributed by atoms with E-state index in [1.807, 2.05) is 11.0 Å². The van der Waals surface area contributed by atoms with Gasteiger partial charge in [0.25, 0.3) is 5.91 Å². The van der Waals surface area contributed by atoms with Gasteiger partial charge in [-0.1, -0.05) is 0 Å². The molecule has 0 spiro atoms. The monoisotopic (exact) mass is 297 g/mol. The number of nitrogens with one attached hydrogen (secondary N) is 1. The van der Waals surface area contributed by atoms with Gasteiger partial charge in [-0.25, -0.2) is 4.98 Å². The van der Waals surface area contributed by atoms with Crippen molar-refractivity contribution < 1.29 is 4.79 Å². The lowest BCUT2D eigenvalue weighted by Gasteiger charge is -2.35. The molecule has 4 nitrogen and oxygen atoms in total. The molecule has 0 aromatic carbocycles. The first-order valence-corrected chi connectivity index (χ1v) is 6.52. The summed E-state index contributed by atoms with van der Waals surface area (Å²) in [5, 5.41) is 3.40. The van der Waals surface area contributed by atoms with Crippen LogP contribution in [0.15, 0.2) is 22.8 Å². The smallest absolute Gasteiger partial charge is 0.272 e. The van der Waals surface area contributed by atoms with Gasteiger partial charge in [-0.2, -0.15) is 0 Å². The first kappa shape index (κ1) is 12.5. The highest BCUT2D eigenvalue weighted by Crippen LogP contribution is 2.11. The first-order chi connectivity index (χ1) is 8.06. The predicted molar refractivity (Wildman–Crippen MR) is 69.9 cm³/mol. The molecule has 0 radical (unpaired) electrons. The van der Waals surface area contributed by atoms with Crippen LogP contribution in [0.1, 0.15) is 24.3 Å². The maximum Gasteiger partial charge on any atom is 0.272 e. The average molecular weight is 298 g/mol. The summed E-state index contributed by atoms with van der Waals surface area (Å²) in [5.41, 5.74) is 0.509. The van der Waals surface area contributed by atoms with Gasteiger partial charge in [0.2, 0.25) is 0 Å². The van der Waals surface area contributed by atoms with Gasteiger partial charge >= 0.3 is 0 Å². The van der Waals surface area contributed by atoms with Gasteiger partial charge in [-0.3, -0.25) is 4.79 Å². The van der Waals surface area contributed by atoms with E-state index in [4.69, 9.17) is 0 Å². The zero-order valence-electron chi connectivity index (χ0n) is 9.98. The molecule has 1 fully saturated rings. The quantitative estimate of drug-likeness (QED) is 0.858. The molecule has 1 aromatic rings. The Kier molecular flexibility index (Phi) is 3.79. The number of aromatic nitrogens is 1. The fourth-order valence-corrected chi connectivity index (χ4v) is 2.39. The minimum atomic E-state index is 0.0118. The Morgan fingerprint density at radius 1 is 1.41 bits per heavy atom. The Morgan fingerprint density at radius 2 is 2.06 bits per heavy atom. The molecule has 92 valence electrons. The van der Waals surface area contributed by atoms with E-state index in [9.17, 15) is 4.79 Å². The molecule has 0 bridgehead atoms. The lowest BCUT2D eigenvalue weighted by Crippen LogP contribution is -2.55. The standard InChI is InChI=1S/C12H16BrN3O/c1-8-6-16(7-9(2)15-8)12(17)11-4-3-10(13)5-14-11/h3-5,8-9,15H,6-7H2,1-2H3/t8-,9-/m0/s1. The van der Waals surface area contributed by atoms with Crippen LogP contribution in [0, 0.1) is 0 Å². The van der Waals surface area contributed by atoms with E-state index in [2.05, 4.69) is 40.1 Å². The minimum absolute atomic E-state index is 0.0118. The van der Waals surface area contributed by atoms with Crippen LogP contribution in [-0.2, 0) is 0 Å². The summed E-state index contributed by atoms with van der Waals surface area (Å²) in [4.78, 5) is 18.2. The number of amides is 1. The average Bonchev–Trinajstić information content (AvgIpc) is 2.28. The molecule has 2 heterocycles. The van der Waals surface area contributed by atoms with Crippen LogP contribution in [0.2, 0.25) is 0 Å². The van der Waals surface area contributed by atoms with Gasteiger partial charge in [0.1, 0.15) is 5.69 Å². The van der Waals surface area contributed by atoms with Crippen molar-refractivity contribution in [3.8, 4) is 0 Å². The summed E-state index contributed by atoms with van der Waals surface area (Å²) in [6.45, 7) is 5.65. The van der Waals surface area contributed by atoms with Crippen LogP contribution in [0.5, 0.6) is 0 Å². The van der Waals surface area contributed by atoms with Crippen molar-refractivity contribution in [3.05, 3.63) is 28.5 Å². The third-order valence-electron chi connectivity index (χ3n) is 2.79. The van der Waals surface area contributed by atoms with Crippen molar-refractivity contribution >= 4 is 21.8 Å². The number of piperazine rings is 1. The number of carbonyl (C=O) groups is 1. The summed E-state index contributed by atoms with van der Waals surface area (Å²) in [6.07, 6.45) is 1.66. The lowest BCUT2D eigenvalue weighted by atomic mass is 10.1. The molecule has 1 aliphatic rings. The van der Waals surface area contributed by atoms with E-state index < -0.39 is 0 Å². The zero-order valence-corrected chi connectivity index (χ0v) is 11.6.